The third kappa shape index (κ3) is 5.13. The first-order chi connectivity index (χ1) is 15.7. The van der Waals surface area contributed by atoms with E-state index in [-0.39, 0.29) is 30.0 Å². The minimum absolute atomic E-state index is 0.0459. The van der Waals surface area contributed by atoms with Crippen molar-refractivity contribution in [2.45, 2.75) is 33.2 Å². The number of pyridine rings is 1. The molecule has 0 spiro atoms. The molecule has 2 fully saturated rings. The molecule has 0 radical (unpaired) electrons. The fourth-order valence-corrected chi connectivity index (χ4v) is 5.30. The topological polar surface area (TPSA) is 110 Å². The lowest BCUT2D eigenvalue weighted by atomic mass is 10.0. The molecule has 0 bridgehead atoms. The molecule has 1 N–H and O–H groups in total. The Bertz CT molecular complexity index is 1110. The number of carboxylic acid groups (broad SMARTS) is 1. The van der Waals surface area contributed by atoms with Crippen LogP contribution >= 0.6 is 24.0 Å². The smallest absolute Gasteiger partial charge is 0.303 e. The molecule has 0 aromatic carbocycles. The van der Waals surface area contributed by atoms with Gasteiger partial charge in [-0.3, -0.25) is 23.9 Å². The lowest BCUT2D eigenvalue weighted by Crippen LogP contribution is -2.47. The van der Waals surface area contributed by atoms with E-state index in [2.05, 4.69) is 9.80 Å². The van der Waals surface area contributed by atoms with E-state index >= 15 is 0 Å². The number of aliphatic carboxylic acids is 1. The number of anilines is 1. The Kier molecular flexibility index (Phi) is 7.94. The Morgan fingerprint density at radius 1 is 1.27 bits per heavy atom. The van der Waals surface area contributed by atoms with Gasteiger partial charge >= 0.3 is 5.97 Å². The van der Waals surface area contributed by atoms with E-state index in [1.54, 1.807) is 17.6 Å². The first kappa shape index (κ1) is 25.0. The number of carbonyl (C=O) groups excluding carboxylic acids is 1. The molecule has 0 atom stereocenters. The number of carboxylic acids is 1. The molecule has 2 saturated heterocycles. The summed E-state index contributed by atoms with van der Waals surface area (Å²) in [4.78, 5) is 43.1. The summed E-state index contributed by atoms with van der Waals surface area (Å²) in [5, 5.41) is 18.5. The van der Waals surface area contributed by atoms with Crippen molar-refractivity contribution in [1.29, 1.82) is 5.26 Å². The molecule has 2 aliphatic heterocycles. The first-order valence-corrected chi connectivity index (χ1v) is 12.0. The van der Waals surface area contributed by atoms with Gasteiger partial charge in [0.15, 0.2) is 0 Å². The average Bonchev–Trinajstić information content (AvgIpc) is 3.03. The van der Waals surface area contributed by atoms with Crippen LogP contribution in [0.3, 0.4) is 0 Å². The highest BCUT2D eigenvalue weighted by Crippen LogP contribution is 2.36. The molecule has 1 amide bonds. The second-order valence-corrected chi connectivity index (χ2v) is 9.70. The van der Waals surface area contributed by atoms with Crippen molar-refractivity contribution in [2.24, 2.45) is 0 Å². The summed E-state index contributed by atoms with van der Waals surface area (Å²) >= 11 is 6.52. The Balaban J connectivity index is 2.08. The summed E-state index contributed by atoms with van der Waals surface area (Å²) in [6, 6.07) is 2.04. The molecule has 3 heterocycles. The molecule has 1 aromatic heterocycles. The summed E-state index contributed by atoms with van der Waals surface area (Å²) in [6.45, 7) is 7.34. The number of aromatic nitrogens is 1. The van der Waals surface area contributed by atoms with Crippen molar-refractivity contribution in [2.75, 3.05) is 44.7 Å². The van der Waals surface area contributed by atoms with Crippen molar-refractivity contribution in [1.82, 2.24) is 14.4 Å². The molecule has 0 aliphatic carbocycles. The Labute approximate surface area is 202 Å². The number of rotatable bonds is 7. The fourth-order valence-electron chi connectivity index (χ4n) is 4.01. The Hall–Kier alpha value is -2.68. The molecule has 33 heavy (non-hydrogen) atoms. The van der Waals surface area contributed by atoms with Crippen LogP contribution in [0.2, 0.25) is 0 Å². The second kappa shape index (κ2) is 10.5. The van der Waals surface area contributed by atoms with Crippen LogP contribution in [0.1, 0.15) is 36.5 Å². The predicted octanol–water partition coefficient (Wildman–Crippen LogP) is 1.87. The number of carbonyl (C=O) groups is 2. The molecule has 2 aliphatic rings. The van der Waals surface area contributed by atoms with Crippen molar-refractivity contribution in [3.05, 3.63) is 31.9 Å². The lowest BCUT2D eigenvalue weighted by Gasteiger charge is -2.36. The highest BCUT2D eigenvalue weighted by Gasteiger charge is 2.33. The first-order valence-electron chi connectivity index (χ1n) is 10.8. The molecule has 9 nitrogen and oxygen atoms in total. The van der Waals surface area contributed by atoms with E-state index < -0.39 is 5.97 Å². The quantitative estimate of drug-likeness (QED) is 0.453. The van der Waals surface area contributed by atoms with Gasteiger partial charge in [-0.15, -0.1) is 0 Å². The number of hydrogen-bond donors (Lipinski definition) is 1. The molecule has 0 unspecified atom stereocenters. The van der Waals surface area contributed by atoms with Gasteiger partial charge in [-0.25, -0.2) is 0 Å². The van der Waals surface area contributed by atoms with Crippen LogP contribution in [0.4, 0.5) is 5.82 Å². The largest absolute Gasteiger partial charge is 0.481 e. The third-order valence-corrected chi connectivity index (χ3v) is 7.26. The highest BCUT2D eigenvalue weighted by molar-refractivity contribution is 8.26. The Morgan fingerprint density at radius 3 is 2.52 bits per heavy atom. The number of piperazine rings is 1. The van der Waals surface area contributed by atoms with Crippen LogP contribution in [0, 0.1) is 18.3 Å². The van der Waals surface area contributed by atoms with Gasteiger partial charge in [0, 0.05) is 51.3 Å². The van der Waals surface area contributed by atoms with Gasteiger partial charge in [0.1, 0.15) is 21.8 Å². The van der Waals surface area contributed by atoms with Crippen LogP contribution in [0.5, 0.6) is 0 Å². The second-order valence-electron chi connectivity index (χ2n) is 8.02. The molecule has 0 saturated carbocycles. The van der Waals surface area contributed by atoms with Gasteiger partial charge in [0.2, 0.25) is 0 Å². The van der Waals surface area contributed by atoms with Crippen LogP contribution < -0.4 is 10.5 Å². The van der Waals surface area contributed by atoms with Crippen molar-refractivity contribution in [3.63, 3.8) is 0 Å². The van der Waals surface area contributed by atoms with Gasteiger partial charge < -0.3 is 14.9 Å². The summed E-state index contributed by atoms with van der Waals surface area (Å²) in [7, 11) is 2.05. The molecule has 3 rings (SSSR count). The van der Waals surface area contributed by atoms with Gasteiger partial charge in [-0.2, -0.15) is 5.26 Å². The number of amides is 1. The standard InChI is InChI=1S/C22H27N5O4S2/c1-4-26-19(25-10-8-24(3)9-11-25)15(14(2)16(13-23)20(26)30)12-17-21(31)27(22(32)33-17)7-5-6-18(28)29/h12H,4-11H2,1-3H3,(H,28,29)/b17-12+. The summed E-state index contributed by atoms with van der Waals surface area (Å²) in [5.74, 6) is -0.496. The summed E-state index contributed by atoms with van der Waals surface area (Å²) in [5.41, 5.74) is 0.948. The minimum Gasteiger partial charge on any atom is -0.481 e. The maximum atomic E-state index is 13.1. The third-order valence-electron chi connectivity index (χ3n) is 5.89. The number of hydrogen-bond acceptors (Lipinski definition) is 8. The van der Waals surface area contributed by atoms with Crippen LogP contribution in [-0.4, -0.2) is 75.4 Å². The molecular weight excluding hydrogens is 462 g/mol. The van der Waals surface area contributed by atoms with Gasteiger partial charge in [-0.1, -0.05) is 24.0 Å². The maximum absolute atomic E-state index is 13.1. The lowest BCUT2D eigenvalue weighted by molar-refractivity contribution is -0.137. The number of nitriles is 1. The van der Waals surface area contributed by atoms with Crippen molar-refractivity contribution in [3.8, 4) is 6.07 Å². The zero-order valence-corrected chi connectivity index (χ0v) is 20.6. The van der Waals surface area contributed by atoms with Crippen LogP contribution in [0.25, 0.3) is 6.08 Å². The number of nitrogens with zero attached hydrogens (tertiary/aromatic N) is 5. The van der Waals surface area contributed by atoms with E-state index in [1.807, 2.05) is 20.0 Å². The van der Waals surface area contributed by atoms with Gasteiger partial charge in [-0.05, 0) is 39.0 Å². The number of thiocarbonyl (C=S) groups is 1. The Morgan fingerprint density at radius 2 is 1.94 bits per heavy atom. The van der Waals surface area contributed by atoms with Gasteiger partial charge in [0.05, 0.1) is 4.91 Å². The average molecular weight is 490 g/mol. The molecular formula is C22H27N5O4S2. The van der Waals surface area contributed by atoms with E-state index in [0.29, 0.717) is 39.1 Å². The number of thioether (sulfide) groups is 1. The minimum atomic E-state index is -0.922. The zero-order valence-electron chi connectivity index (χ0n) is 19.0. The van der Waals surface area contributed by atoms with Gasteiger partial charge in [0.25, 0.3) is 11.5 Å². The molecule has 11 heteroatoms. The highest BCUT2D eigenvalue weighted by atomic mass is 32.2. The monoisotopic (exact) mass is 489 g/mol. The van der Waals surface area contributed by atoms with Crippen molar-refractivity contribution < 1.29 is 14.7 Å². The molecule has 176 valence electrons. The fraction of sp³-hybridized carbons (Fsp3) is 0.500. The zero-order chi connectivity index (χ0) is 24.3. The molecule has 1 aromatic rings. The van der Waals surface area contributed by atoms with E-state index in [1.165, 1.54) is 4.90 Å². The maximum Gasteiger partial charge on any atom is 0.303 e. The van der Waals surface area contributed by atoms with Crippen LogP contribution in [-0.2, 0) is 16.1 Å². The van der Waals surface area contributed by atoms with Crippen molar-refractivity contribution >= 4 is 52.1 Å². The normalized spacial score (nSPS) is 18.3. The summed E-state index contributed by atoms with van der Waals surface area (Å²) < 4.78 is 1.98. The van der Waals surface area contributed by atoms with E-state index in [9.17, 15) is 19.6 Å². The SMILES string of the molecule is CCn1c(N2CCN(C)CC2)c(/C=C2/SC(=S)N(CCCC(=O)O)C2=O)c(C)c(C#N)c1=O. The number of likely N-dealkylation sites (N-methyl/N-ethyl adjacent to an activating group) is 1. The van der Waals surface area contributed by atoms with E-state index in [4.69, 9.17) is 17.3 Å². The van der Waals surface area contributed by atoms with Crippen LogP contribution in [0.15, 0.2) is 9.70 Å². The van der Waals surface area contributed by atoms with E-state index in [0.717, 1.165) is 37.9 Å². The predicted molar refractivity (Wildman–Crippen MR) is 132 cm³/mol. The summed E-state index contributed by atoms with van der Waals surface area (Å²) in [6.07, 6.45) is 1.99.